The summed E-state index contributed by atoms with van der Waals surface area (Å²) in [4.78, 5) is 29.6. The first kappa shape index (κ1) is 22.2. The maximum Gasteiger partial charge on any atom is 0.248 e. The molecule has 0 spiro atoms. The first-order valence-corrected chi connectivity index (χ1v) is 11.3. The van der Waals surface area contributed by atoms with Crippen molar-refractivity contribution in [2.24, 2.45) is 0 Å². The third kappa shape index (κ3) is 4.85. The highest BCUT2D eigenvalue weighted by Gasteiger charge is 2.43. The number of rotatable bonds is 7. The zero-order valence-corrected chi connectivity index (χ0v) is 18.6. The number of carbonyl (C=O) groups excluding carboxylic acids is 2. The first-order chi connectivity index (χ1) is 16.6. The highest BCUT2D eigenvalue weighted by Crippen LogP contribution is 2.19. The molecule has 8 nitrogen and oxygen atoms in total. The molecule has 2 aliphatic heterocycles. The van der Waals surface area contributed by atoms with Gasteiger partial charge in [-0.3, -0.25) is 14.5 Å². The van der Waals surface area contributed by atoms with Crippen LogP contribution in [0.5, 0.6) is 0 Å². The normalized spacial score (nSPS) is 20.8. The Labute approximate surface area is 196 Å². The second kappa shape index (κ2) is 9.74. The number of ether oxygens (including phenoxy) is 1. The second-order valence-corrected chi connectivity index (χ2v) is 8.61. The van der Waals surface area contributed by atoms with E-state index in [1.54, 1.807) is 27.9 Å². The highest BCUT2D eigenvalue weighted by atomic mass is 19.1. The molecule has 2 saturated heterocycles. The quantitative estimate of drug-likeness (QED) is 0.578. The van der Waals surface area contributed by atoms with Gasteiger partial charge in [0, 0.05) is 37.9 Å². The molecule has 0 unspecified atom stereocenters. The maximum atomic E-state index is 13.2. The molecule has 3 heterocycles. The van der Waals surface area contributed by atoms with Crippen LogP contribution in [0.2, 0.25) is 0 Å². The number of nitrogens with zero attached hydrogens (tertiary/aromatic N) is 4. The summed E-state index contributed by atoms with van der Waals surface area (Å²) in [6, 6.07) is 14.7. The van der Waals surface area contributed by atoms with E-state index in [9.17, 15) is 14.0 Å². The number of halogens is 1. The molecular weight excluding hydrogens is 437 g/mol. The Bertz CT molecular complexity index is 1150. The van der Waals surface area contributed by atoms with Crippen LogP contribution in [0.4, 0.5) is 4.39 Å². The number of amides is 2. The number of carbonyl (C=O) groups is 2. The van der Waals surface area contributed by atoms with Gasteiger partial charge in [-0.15, -0.1) is 0 Å². The zero-order valence-electron chi connectivity index (χ0n) is 18.6. The lowest BCUT2D eigenvalue weighted by Crippen LogP contribution is -2.69. The third-order valence-electron chi connectivity index (χ3n) is 6.19. The lowest BCUT2D eigenvalue weighted by Gasteiger charge is -2.45. The number of fused-ring (bicyclic) bond motifs is 1. The van der Waals surface area contributed by atoms with Gasteiger partial charge >= 0.3 is 0 Å². The molecule has 9 heteroatoms. The van der Waals surface area contributed by atoms with E-state index in [-0.39, 0.29) is 24.2 Å². The zero-order chi connectivity index (χ0) is 23.5. The summed E-state index contributed by atoms with van der Waals surface area (Å²) in [5, 5.41) is 7.20. The Balaban J connectivity index is 1.16. The predicted molar refractivity (Wildman–Crippen MR) is 122 cm³/mol. The average Bonchev–Trinajstić information content (AvgIpc) is 3.32. The minimum absolute atomic E-state index is 0.0959. The summed E-state index contributed by atoms with van der Waals surface area (Å²) in [5.41, 5.74) is 2.77. The molecule has 0 bridgehead atoms. The molecule has 2 aliphatic rings. The molecule has 2 fully saturated rings. The smallest absolute Gasteiger partial charge is 0.248 e. The Morgan fingerprint density at radius 2 is 1.82 bits per heavy atom. The summed E-state index contributed by atoms with van der Waals surface area (Å²) in [7, 11) is 0. The molecule has 2 atom stereocenters. The van der Waals surface area contributed by atoms with Gasteiger partial charge in [-0.25, -0.2) is 9.07 Å². The van der Waals surface area contributed by atoms with Crippen molar-refractivity contribution in [2.45, 2.75) is 25.2 Å². The van der Waals surface area contributed by atoms with E-state index in [1.807, 2.05) is 36.5 Å². The van der Waals surface area contributed by atoms with E-state index in [2.05, 4.69) is 15.3 Å². The molecule has 2 aromatic carbocycles. The summed E-state index contributed by atoms with van der Waals surface area (Å²) in [5.74, 6) is -0.541. The van der Waals surface area contributed by atoms with E-state index >= 15 is 0 Å². The minimum atomic E-state index is -0.659. The van der Waals surface area contributed by atoms with E-state index in [0.717, 1.165) is 16.8 Å². The van der Waals surface area contributed by atoms with Gasteiger partial charge in [0.25, 0.3) is 0 Å². The van der Waals surface area contributed by atoms with Crippen LogP contribution in [0, 0.1) is 5.82 Å². The molecule has 0 aliphatic carbocycles. The lowest BCUT2D eigenvalue weighted by molar-refractivity contribution is -0.155. The fourth-order valence-corrected chi connectivity index (χ4v) is 4.42. The van der Waals surface area contributed by atoms with Crippen LogP contribution in [0.25, 0.3) is 5.69 Å². The highest BCUT2D eigenvalue weighted by molar-refractivity contribution is 5.97. The number of piperazine rings is 2. The van der Waals surface area contributed by atoms with Crippen LogP contribution >= 0.6 is 0 Å². The van der Waals surface area contributed by atoms with Gasteiger partial charge in [0.1, 0.15) is 17.9 Å². The number of hydrogen-bond donors (Lipinski definition) is 1. The van der Waals surface area contributed by atoms with Gasteiger partial charge < -0.3 is 15.0 Å². The van der Waals surface area contributed by atoms with Crippen LogP contribution < -0.4 is 5.32 Å². The molecule has 3 aromatic rings. The Kier molecular flexibility index (Phi) is 6.37. The van der Waals surface area contributed by atoms with Crippen molar-refractivity contribution in [3.05, 3.63) is 83.9 Å². The summed E-state index contributed by atoms with van der Waals surface area (Å²) in [6.45, 7) is 2.75. The average molecular weight is 464 g/mol. The molecule has 2 amide bonds. The monoisotopic (exact) mass is 463 g/mol. The minimum Gasteiger partial charge on any atom is -0.374 e. The SMILES string of the molecule is O=C1N[C@@H](COCc2ccccc2)C(=O)N2CCN(Cc3cnn(-c4ccc(F)cc4)c3)C[C@H]12. The fourth-order valence-electron chi connectivity index (χ4n) is 4.42. The van der Waals surface area contributed by atoms with Gasteiger partial charge in [-0.2, -0.15) is 5.10 Å². The number of nitrogens with one attached hydrogen (secondary N) is 1. The van der Waals surface area contributed by atoms with Crippen LogP contribution in [0.1, 0.15) is 11.1 Å². The first-order valence-electron chi connectivity index (χ1n) is 11.3. The predicted octanol–water partition coefficient (Wildman–Crippen LogP) is 1.74. The van der Waals surface area contributed by atoms with Crippen molar-refractivity contribution in [1.82, 2.24) is 24.9 Å². The van der Waals surface area contributed by atoms with E-state index in [4.69, 9.17) is 4.74 Å². The molecule has 1 N–H and O–H groups in total. The standard InChI is InChI=1S/C25H26FN5O3/c26-20-6-8-21(9-7-20)31-14-19(12-27-31)13-29-10-11-30-23(15-29)24(32)28-22(25(30)33)17-34-16-18-4-2-1-3-5-18/h1-9,12,14,22-23H,10-11,13,15-17H2,(H,28,32)/t22-,23+/m0/s1. The van der Waals surface area contributed by atoms with Gasteiger partial charge in [0.2, 0.25) is 11.8 Å². The molecule has 5 rings (SSSR count). The number of benzene rings is 2. The van der Waals surface area contributed by atoms with E-state index < -0.39 is 12.1 Å². The topological polar surface area (TPSA) is 79.7 Å². The molecular formula is C25H26FN5O3. The molecule has 34 heavy (non-hydrogen) atoms. The molecule has 0 saturated carbocycles. The lowest BCUT2D eigenvalue weighted by atomic mass is 10.0. The van der Waals surface area contributed by atoms with Gasteiger partial charge in [0.05, 0.1) is 25.1 Å². The summed E-state index contributed by atoms with van der Waals surface area (Å²) >= 11 is 0. The largest absolute Gasteiger partial charge is 0.374 e. The third-order valence-corrected chi connectivity index (χ3v) is 6.19. The van der Waals surface area contributed by atoms with E-state index in [1.165, 1.54) is 12.1 Å². The fraction of sp³-hybridized carbons (Fsp3) is 0.320. The second-order valence-electron chi connectivity index (χ2n) is 8.61. The van der Waals surface area contributed by atoms with Crippen molar-refractivity contribution < 1.29 is 18.7 Å². The van der Waals surface area contributed by atoms with Gasteiger partial charge in [-0.1, -0.05) is 30.3 Å². The maximum absolute atomic E-state index is 13.2. The van der Waals surface area contributed by atoms with Crippen LogP contribution in [0.3, 0.4) is 0 Å². The van der Waals surface area contributed by atoms with Crippen molar-refractivity contribution in [2.75, 3.05) is 26.2 Å². The Morgan fingerprint density at radius 3 is 2.62 bits per heavy atom. The van der Waals surface area contributed by atoms with Crippen molar-refractivity contribution in [3.63, 3.8) is 0 Å². The van der Waals surface area contributed by atoms with Crippen LogP contribution in [-0.2, 0) is 27.5 Å². The van der Waals surface area contributed by atoms with Crippen LogP contribution in [-0.4, -0.2) is 69.7 Å². The molecule has 1 aromatic heterocycles. The number of aromatic nitrogens is 2. The molecule has 176 valence electrons. The summed E-state index contributed by atoms with van der Waals surface area (Å²) < 4.78 is 20.6. The number of hydrogen-bond acceptors (Lipinski definition) is 5. The van der Waals surface area contributed by atoms with Crippen molar-refractivity contribution >= 4 is 11.8 Å². The van der Waals surface area contributed by atoms with Crippen molar-refractivity contribution in [3.8, 4) is 5.69 Å². The van der Waals surface area contributed by atoms with Crippen LogP contribution in [0.15, 0.2) is 67.0 Å². The van der Waals surface area contributed by atoms with Gasteiger partial charge in [-0.05, 0) is 29.8 Å². The van der Waals surface area contributed by atoms with E-state index in [0.29, 0.717) is 32.8 Å². The Hall–Kier alpha value is -3.56. The van der Waals surface area contributed by atoms with Gasteiger partial charge in [0.15, 0.2) is 0 Å². The Morgan fingerprint density at radius 1 is 1.03 bits per heavy atom. The van der Waals surface area contributed by atoms with Crippen molar-refractivity contribution in [1.29, 1.82) is 0 Å². The summed E-state index contributed by atoms with van der Waals surface area (Å²) in [6.07, 6.45) is 3.66. The molecule has 0 radical (unpaired) electrons.